The van der Waals surface area contributed by atoms with Gasteiger partial charge in [-0.05, 0) is 304 Å². The molecule has 634 valence electrons. The lowest BCUT2D eigenvalue weighted by Gasteiger charge is -2.43. The van der Waals surface area contributed by atoms with Crippen LogP contribution in [0.3, 0.4) is 0 Å². The minimum absolute atomic E-state index is 0.498. The molecule has 16 unspecified atom stereocenters. The summed E-state index contributed by atoms with van der Waals surface area (Å²) in [6.07, 6.45) is 60.2. The van der Waals surface area contributed by atoms with Crippen LogP contribution in [0.25, 0.3) is 0 Å². The molecule has 0 N–H and O–H groups in total. The average molecular weight is 1480 g/mol. The molecule has 14 fully saturated rings. The molecule has 0 aromatic carbocycles. The van der Waals surface area contributed by atoms with Crippen LogP contribution in [0.15, 0.2) is 24.3 Å². The van der Waals surface area contributed by atoms with E-state index in [1.807, 2.05) is 152 Å². The van der Waals surface area contributed by atoms with Crippen LogP contribution in [-0.2, 0) is 0 Å². The smallest absolute Gasteiger partial charge is 0.0172 e. The molecule has 0 aliphatic heterocycles. The molecule has 0 nitrogen and oxygen atoms in total. The van der Waals surface area contributed by atoms with Gasteiger partial charge in [0.25, 0.3) is 0 Å². The number of allylic oxidation sites excluding steroid dienone is 4. The van der Waals surface area contributed by atoms with Crippen molar-refractivity contribution in [2.45, 2.75) is 509 Å². The van der Waals surface area contributed by atoms with Gasteiger partial charge in [-0.25, -0.2) is 0 Å². The molecular formula is C105H214. The van der Waals surface area contributed by atoms with Crippen molar-refractivity contribution in [1.29, 1.82) is 0 Å². The molecule has 0 saturated heterocycles. The summed E-state index contributed by atoms with van der Waals surface area (Å²) in [6, 6.07) is 0. The maximum Gasteiger partial charge on any atom is -0.0172 e. The number of hydrogen-bond acceptors (Lipinski definition) is 0. The number of rotatable bonds is 0. The normalized spacial score (nSPS) is 33.8. The van der Waals surface area contributed by atoms with Gasteiger partial charge in [0, 0.05) is 0 Å². The highest BCUT2D eigenvalue weighted by molar-refractivity contribution is 5.13. The second-order valence-electron chi connectivity index (χ2n) is 40.6. The Hall–Kier alpha value is -0.520. The lowest BCUT2D eigenvalue weighted by atomic mass is 9.62. The first-order valence-electron chi connectivity index (χ1n) is 48.9. The summed E-state index contributed by atoms with van der Waals surface area (Å²) in [4.78, 5) is 0. The Morgan fingerprint density at radius 1 is 0.257 bits per heavy atom. The zero-order valence-corrected chi connectivity index (χ0v) is 82.1. The number of fused-ring (bicyclic) bond motifs is 21. The van der Waals surface area contributed by atoms with Crippen molar-refractivity contribution in [3.63, 3.8) is 0 Å². The molecule has 16 aliphatic rings. The van der Waals surface area contributed by atoms with Gasteiger partial charge in [-0.15, -0.1) is 0 Å². The van der Waals surface area contributed by atoms with Crippen LogP contribution in [0.1, 0.15) is 509 Å². The summed E-state index contributed by atoms with van der Waals surface area (Å²) >= 11 is 0. The van der Waals surface area contributed by atoms with E-state index in [4.69, 9.17) is 0 Å². The maximum absolute atomic E-state index is 2.54. The van der Waals surface area contributed by atoms with Gasteiger partial charge in [0.1, 0.15) is 0 Å². The number of hydrogen-bond donors (Lipinski definition) is 0. The van der Waals surface area contributed by atoms with Gasteiger partial charge in [0.2, 0.25) is 0 Å². The molecule has 0 heteroatoms. The van der Waals surface area contributed by atoms with E-state index < -0.39 is 0 Å². The summed E-state index contributed by atoms with van der Waals surface area (Å²) in [5.41, 5.74) is 5.70. The summed E-state index contributed by atoms with van der Waals surface area (Å²) in [5.74, 6) is 18.3. The molecule has 0 aromatic rings. The monoisotopic (exact) mass is 1480 g/mol. The minimum Gasteiger partial charge on any atom is -0.0880 e. The molecule has 16 aliphatic carbocycles. The third kappa shape index (κ3) is 37.5. The molecule has 0 aromatic heterocycles. The molecule has 10 bridgehead atoms. The van der Waals surface area contributed by atoms with Crippen molar-refractivity contribution in [3.8, 4) is 0 Å². The van der Waals surface area contributed by atoms with Crippen molar-refractivity contribution in [3.05, 3.63) is 24.3 Å². The van der Waals surface area contributed by atoms with Crippen molar-refractivity contribution in [1.82, 2.24) is 0 Å². The molecule has 14 saturated carbocycles. The van der Waals surface area contributed by atoms with E-state index in [0.29, 0.717) is 48.7 Å². The van der Waals surface area contributed by atoms with Gasteiger partial charge in [0.15, 0.2) is 0 Å². The summed E-state index contributed by atoms with van der Waals surface area (Å²) < 4.78 is 0. The standard InChI is InChI=1S/C14H22.C13H22.C12H20.C9H16.C8H16.C8H14.C7H14.C7H12.C5H12.11C2H6/c1-14(2)7-10-6-11(14)13-9-4-3-8(5-9)12(10)13;1-13(2)8-9-7-12(13)11-6-4-3-5-10(9)11;1-12(2)7-8-6-11(12)10-5-3-4-9(8)10;1-9(2)6-7-3-4-8(9)5-7;2*1-8(2)6-4-3-5-7-8;2*1-7(2)5-3-4-6-7;1-5(2,3)4;11*1-2/h8-13H,3-7H2,1-2H3;9-12H,3-8H2,1-2H3;8-11H,3-7H2,1-2H3;7-8H,3-6H2,1-2H3;3-7H2,1-2H3;4,6H,3,5,7H2,1-2H3;3-6H2,1-2H3;3,5H,4,6H2,1-2H3;1-4H3;11*1-2H3. The maximum atomic E-state index is 2.54. The third-order valence-corrected chi connectivity index (χ3v) is 27.8. The molecule has 16 rings (SSSR count). The Morgan fingerprint density at radius 3 is 0.895 bits per heavy atom. The van der Waals surface area contributed by atoms with Crippen LogP contribution in [0.2, 0.25) is 0 Å². The molecular weight excluding hydrogens is 1260 g/mol. The summed E-state index contributed by atoms with van der Waals surface area (Å²) in [5, 5.41) is 0. The van der Waals surface area contributed by atoms with Gasteiger partial charge >= 0.3 is 0 Å². The van der Waals surface area contributed by atoms with Crippen LogP contribution in [0.4, 0.5) is 0 Å². The largest absolute Gasteiger partial charge is 0.0880 e. The Bertz CT molecular complexity index is 2030. The van der Waals surface area contributed by atoms with E-state index in [9.17, 15) is 0 Å². The van der Waals surface area contributed by atoms with Gasteiger partial charge in [-0.1, -0.05) is 373 Å². The first-order valence-corrected chi connectivity index (χ1v) is 48.9. The summed E-state index contributed by atoms with van der Waals surface area (Å²) in [7, 11) is 0. The second-order valence-corrected chi connectivity index (χ2v) is 40.6. The van der Waals surface area contributed by atoms with E-state index in [0.717, 1.165) is 65.1 Å². The Balaban J connectivity index is -0.000000535. The fourth-order valence-electron chi connectivity index (χ4n) is 23.7. The fourth-order valence-corrected chi connectivity index (χ4v) is 23.7. The zero-order chi connectivity index (χ0) is 82.6. The third-order valence-electron chi connectivity index (χ3n) is 27.8. The second kappa shape index (κ2) is 55.9. The quantitative estimate of drug-likeness (QED) is 0.168. The Kier molecular flexibility index (Phi) is 59.0. The first-order chi connectivity index (χ1) is 49.5. The van der Waals surface area contributed by atoms with E-state index in [1.165, 1.54) is 152 Å². The highest BCUT2D eigenvalue weighted by Crippen LogP contribution is 2.72. The first kappa shape index (κ1) is 111. The van der Waals surface area contributed by atoms with E-state index in [2.05, 4.69) is 163 Å². The molecule has 0 heterocycles. The molecule has 0 spiro atoms. The predicted molar refractivity (Wildman–Crippen MR) is 491 cm³/mol. The van der Waals surface area contributed by atoms with E-state index >= 15 is 0 Å². The van der Waals surface area contributed by atoms with Crippen LogP contribution in [-0.4, -0.2) is 0 Å². The van der Waals surface area contributed by atoms with Crippen molar-refractivity contribution in [2.24, 2.45) is 143 Å². The van der Waals surface area contributed by atoms with Gasteiger partial charge in [-0.3, -0.25) is 0 Å². The lowest BCUT2D eigenvalue weighted by Crippen LogP contribution is -2.36. The van der Waals surface area contributed by atoms with E-state index in [-0.39, 0.29) is 0 Å². The Morgan fingerprint density at radius 2 is 0.600 bits per heavy atom. The molecule has 0 radical (unpaired) electrons. The average Bonchev–Trinajstić information content (AvgIpc) is 1.49. The lowest BCUT2D eigenvalue weighted by molar-refractivity contribution is 0.0583. The van der Waals surface area contributed by atoms with Crippen LogP contribution >= 0.6 is 0 Å². The SMILES string of the molecule is CC.CC.CC.CC.CC.CC.CC.CC.CC.CC.CC.CC(C)(C)C.CC1(C)C=CCC1.CC1(C)C=CCCC1.CC1(C)CC2CC1C1C3CCC(C3)C21.CC1(C)CC2CC1C1CCCC21.CC1(C)CC2CC1C1CCCCC21.CC1(C)CC2CCC1C2.CC1(C)CCCC1.CC1(C)CCCCC1. The minimum atomic E-state index is 0.498. The van der Waals surface area contributed by atoms with Gasteiger partial charge < -0.3 is 0 Å². The van der Waals surface area contributed by atoms with E-state index in [1.54, 1.807) is 96.3 Å². The van der Waals surface area contributed by atoms with Crippen LogP contribution < -0.4 is 0 Å². The van der Waals surface area contributed by atoms with Crippen LogP contribution in [0.5, 0.6) is 0 Å². The van der Waals surface area contributed by atoms with Crippen molar-refractivity contribution < 1.29 is 0 Å². The fraction of sp³-hybridized carbons (Fsp3) is 0.962. The highest BCUT2D eigenvalue weighted by Gasteiger charge is 2.64. The zero-order valence-electron chi connectivity index (χ0n) is 82.1. The van der Waals surface area contributed by atoms with Gasteiger partial charge in [0.05, 0.1) is 0 Å². The van der Waals surface area contributed by atoms with Crippen molar-refractivity contribution in [2.75, 3.05) is 0 Å². The predicted octanol–water partition coefficient (Wildman–Crippen LogP) is 37.9. The summed E-state index contributed by atoms with van der Waals surface area (Å²) in [6.45, 7) is 91.4. The molecule has 105 heavy (non-hydrogen) atoms. The Labute approximate surface area is 672 Å². The van der Waals surface area contributed by atoms with Crippen molar-refractivity contribution >= 4 is 0 Å². The van der Waals surface area contributed by atoms with Gasteiger partial charge in [-0.2, -0.15) is 0 Å². The molecule has 0 amide bonds. The topological polar surface area (TPSA) is 0 Å². The highest BCUT2D eigenvalue weighted by atomic mass is 14.7. The van der Waals surface area contributed by atoms with Crippen LogP contribution in [0, 0.1) is 143 Å². The molecule has 16 atom stereocenters.